The summed E-state index contributed by atoms with van der Waals surface area (Å²) in [5.41, 5.74) is 9.16. The summed E-state index contributed by atoms with van der Waals surface area (Å²) in [5.74, 6) is -1.56. The van der Waals surface area contributed by atoms with Gasteiger partial charge in [-0.25, -0.2) is 8.78 Å². The standard InChI is InChI=1S/C49H45F2N7O5/c1-4-7-28-18-42-37(16-27(2)48(62)56(42)3)43(19-28)57-15-6-8-30-20-35(36(45(50)51)21-41(30)57)31-11-12-39(53-25-31)46(60)54-23-29-17-32(24-52-22-29)33-9-5-10-34-38(33)26-58(49(34)63)40-13-14-44(59)55-47(40)61/h5,9-12,16-22,24-25,40,45H,4,6-8,13-15,23,26H2,1-3H3,(H,54,60)(H,55,59,61). The minimum atomic E-state index is -2.78. The Balaban J connectivity index is 0.935. The smallest absolute Gasteiger partial charge is 0.270 e. The molecule has 0 saturated carbocycles. The molecular weight excluding hydrogens is 805 g/mol. The van der Waals surface area contributed by atoms with Gasteiger partial charge in [0.15, 0.2) is 0 Å². The number of nitrogens with zero attached hydrogens (tertiary/aromatic N) is 5. The fourth-order valence-electron chi connectivity index (χ4n) is 9.29. The predicted octanol–water partition coefficient (Wildman–Crippen LogP) is 7.64. The molecule has 6 heterocycles. The first-order valence-corrected chi connectivity index (χ1v) is 21.2. The van der Waals surface area contributed by atoms with E-state index in [1.807, 2.05) is 24.3 Å². The van der Waals surface area contributed by atoms with Crippen molar-refractivity contribution in [2.45, 2.75) is 77.9 Å². The van der Waals surface area contributed by atoms with Crippen molar-refractivity contribution in [3.63, 3.8) is 0 Å². The first-order chi connectivity index (χ1) is 30.4. The number of imide groups is 1. The third kappa shape index (κ3) is 7.63. The van der Waals surface area contributed by atoms with Crippen LogP contribution in [0.25, 0.3) is 33.2 Å². The number of rotatable bonds is 10. The SMILES string of the molecule is CCCc1cc(N2CCCc3cc(-c4ccc(C(=O)NCc5cncc(-c6cccc7c6CN(C6CCC(=O)NC6=O)C7=O)c5)nc4)c(C(F)F)cc32)c2cc(C)c(=O)n(C)c2c1. The molecule has 63 heavy (non-hydrogen) atoms. The van der Waals surface area contributed by atoms with Crippen LogP contribution in [-0.4, -0.2) is 55.7 Å². The Kier molecular flexibility index (Phi) is 10.9. The van der Waals surface area contributed by atoms with Crippen LogP contribution in [0.2, 0.25) is 0 Å². The van der Waals surface area contributed by atoms with E-state index in [9.17, 15) is 24.0 Å². The molecule has 0 aliphatic carbocycles. The van der Waals surface area contributed by atoms with Gasteiger partial charge in [-0.1, -0.05) is 31.5 Å². The Morgan fingerprint density at radius 3 is 2.49 bits per heavy atom. The molecule has 0 spiro atoms. The van der Waals surface area contributed by atoms with Crippen molar-refractivity contribution in [1.29, 1.82) is 0 Å². The second kappa shape index (κ2) is 16.6. The number of hydrogen-bond donors (Lipinski definition) is 2. The third-order valence-electron chi connectivity index (χ3n) is 12.4. The van der Waals surface area contributed by atoms with Crippen molar-refractivity contribution in [2.75, 3.05) is 11.4 Å². The second-order valence-electron chi connectivity index (χ2n) is 16.5. The number of fused-ring (bicyclic) bond motifs is 3. The molecule has 14 heteroatoms. The molecule has 3 aliphatic heterocycles. The Hall–Kier alpha value is -7.09. The molecule has 1 unspecified atom stereocenters. The third-order valence-corrected chi connectivity index (χ3v) is 12.4. The zero-order valence-corrected chi connectivity index (χ0v) is 35.1. The lowest BCUT2D eigenvalue weighted by Gasteiger charge is -2.34. The zero-order chi connectivity index (χ0) is 44.1. The van der Waals surface area contributed by atoms with E-state index in [0.29, 0.717) is 46.5 Å². The number of hydrogen-bond acceptors (Lipinski definition) is 8. The number of alkyl halides is 2. The molecule has 1 atom stereocenters. The predicted molar refractivity (Wildman–Crippen MR) is 235 cm³/mol. The van der Waals surface area contributed by atoms with Gasteiger partial charge in [-0.05, 0) is 115 Å². The fraction of sp³-hybridized carbons (Fsp3) is 0.286. The maximum atomic E-state index is 15.0. The molecule has 6 aromatic rings. The molecule has 3 aromatic heterocycles. The minimum Gasteiger partial charge on any atom is -0.347 e. The molecule has 320 valence electrons. The highest BCUT2D eigenvalue weighted by atomic mass is 19.3. The van der Waals surface area contributed by atoms with Crippen LogP contribution >= 0.6 is 0 Å². The molecule has 4 amide bonds. The van der Waals surface area contributed by atoms with Crippen LogP contribution < -0.4 is 21.1 Å². The van der Waals surface area contributed by atoms with Crippen molar-refractivity contribution in [2.24, 2.45) is 7.05 Å². The largest absolute Gasteiger partial charge is 0.347 e. The molecular formula is C49H45F2N7O5. The first-order valence-electron chi connectivity index (χ1n) is 21.2. The van der Waals surface area contributed by atoms with Gasteiger partial charge < -0.3 is 19.7 Å². The Morgan fingerprint density at radius 1 is 0.905 bits per heavy atom. The monoisotopic (exact) mass is 849 g/mol. The van der Waals surface area contributed by atoms with Gasteiger partial charge in [0.1, 0.15) is 11.7 Å². The Bertz CT molecular complexity index is 2930. The van der Waals surface area contributed by atoms with Crippen LogP contribution in [0.1, 0.15) is 93.3 Å². The van der Waals surface area contributed by atoms with Gasteiger partial charge in [-0.2, -0.15) is 0 Å². The zero-order valence-electron chi connectivity index (χ0n) is 35.1. The summed E-state index contributed by atoms with van der Waals surface area (Å²) in [4.78, 5) is 76.4. The summed E-state index contributed by atoms with van der Waals surface area (Å²) < 4.78 is 31.7. The van der Waals surface area contributed by atoms with E-state index in [1.54, 1.807) is 55.2 Å². The van der Waals surface area contributed by atoms with Crippen molar-refractivity contribution < 1.29 is 28.0 Å². The Morgan fingerprint density at radius 2 is 1.73 bits per heavy atom. The number of carbonyl (C=O) groups excluding carboxylic acids is 4. The molecule has 0 bridgehead atoms. The molecule has 2 N–H and O–H groups in total. The summed E-state index contributed by atoms with van der Waals surface area (Å²) >= 11 is 0. The van der Waals surface area contributed by atoms with Crippen LogP contribution in [0.15, 0.2) is 90.1 Å². The summed E-state index contributed by atoms with van der Waals surface area (Å²) in [6.45, 7) is 4.84. The quantitative estimate of drug-likeness (QED) is 0.134. The average molecular weight is 850 g/mol. The van der Waals surface area contributed by atoms with Crippen molar-refractivity contribution >= 4 is 45.9 Å². The molecule has 1 saturated heterocycles. The lowest BCUT2D eigenvalue weighted by atomic mass is 9.91. The number of pyridine rings is 3. The van der Waals surface area contributed by atoms with Gasteiger partial charge in [0.2, 0.25) is 11.8 Å². The van der Waals surface area contributed by atoms with E-state index in [1.165, 1.54) is 17.2 Å². The van der Waals surface area contributed by atoms with Crippen LogP contribution in [0, 0.1) is 6.92 Å². The van der Waals surface area contributed by atoms with Gasteiger partial charge in [0, 0.05) is 90.6 Å². The van der Waals surface area contributed by atoms with Gasteiger partial charge in [-0.15, -0.1) is 0 Å². The average Bonchev–Trinajstić information content (AvgIpc) is 3.62. The number of benzene rings is 3. The number of aryl methyl sites for hydroxylation is 4. The number of carbonyl (C=O) groups is 4. The number of halogens is 2. The van der Waals surface area contributed by atoms with Crippen molar-refractivity contribution in [3.8, 4) is 22.3 Å². The van der Waals surface area contributed by atoms with Crippen molar-refractivity contribution in [3.05, 3.63) is 140 Å². The topological polar surface area (TPSA) is 147 Å². The van der Waals surface area contributed by atoms with E-state index >= 15 is 8.78 Å². The molecule has 9 rings (SSSR count). The molecule has 0 radical (unpaired) electrons. The van der Waals surface area contributed by atoms with Crippen LogP contribution in [0.4, 0.5) is 20.2 Å². The molecule has 3 aliphatic rings. The maximum absolute atomic E-state index is 15.0. The summed E-state index contributed by atoms with van der Waals surface area (Å²) in [7, 11) is 1.77. The normalized spacial score (nSPS) is 16.1. The highest BCUT2D eigenvalue weighted by Gasteiger charge is 2.40. The highest BCUT2D eigenvalue weighted by Crippen LogP contribution is 2.43. The Labute approximate surface area is 362 Å². The molecule has 3 aromatic carbocycles. The second-order valence-corrected chi connectivity index (χ2v) is 16.5. The first kappa shape index (κ1) is 41.3. The molecule has 12 nitrogen and oxygen atoms in total. The highest BCUT2D eigenvalue weighted by molar-refractivity contribution is 6.06. The van der Waals surface area contributed by atoms with E-state index in [2.05, 4.69) is 44.6 Å². The van der Waals surface area contributed by atoms with E-state index in [0.717, 1.165) is 63.7 Å². The summed E-state index contributed by atoms with van der Waals surface area (Å²) in [6.07, 6.45) is 5.61. The number of aromatic nitrogens is 3. The number of anilines is 2. The lowest BCUT2D eigenvalue weighted by Crippen LogP contribution is -2.52. The van der Waals surface area contributed by atoms with E-state index in [-0.39, 0.29) is 54.6 Å². The van der Waals surface area contributed by atoms with E-state index in [4.69, 9.17) is 0 Å². The van der Waals surface area contributed by atoms with E-state index < -0.39 is 24.3 Å². The van der Waals surface area contributed by atoms with Crippen LogP contribution in [0.3, 0.4) is 0 Å². The lowest BCUT2D eigenvalue weighted by molar-refractivity contribution is -0.136. The van der Waals surface area contributed by atoms with Gasteiger partial charge in [0.25, 0.3) is 23.8 Å². The fourth-order valence-corrected chi connectivity index (χ4v) is 9.29. The number of amides is 4. The van der Waals surface area contributed by atoms with Gasteiger partial charge in [0.05, 0.1) is 11.2 Å². The number of piperidine rings is 1. The number of nitrogens with one attached hydrogen (secondary N) is 2. The van der Waals surface area contributed by atoms with Gasteiger partial charge in [-0.3, -0.25) is 39.3 Å². The molecule has 1 fully saturated rings. The van der Waals surface area contributed by atoms with Crippen molar-refractivity contribution in [1.82, 2.24) is 30.1 Å². The maximum Gasteiger partial charge on any atom is 0.270 e. The summed E-state index contributed by atoms with van der Waals surface area (Å²) in [5, 5.41) is 6.10. The van der Waals surface area contributed by atoms with Crippen LogP contribution in [-0.2, 0) is 42.6 Å². The van der Waals surface area contributed by atoms with Crippen LogP contribution in [0.5, 0.6) is 0 Å². The summed E-state index contributed by atoms with van der Waals surface area (Å²) in [6, 6.07) is 19.2. The minimum absolute atomic E-state index is 0.0687. The van der Waals surface area contributed by atoms with Gasteiger partial charge >= 0.3 is 0 Å².